The molecule has 1 aliphatic rings. The second-order valence-corrected chi connectivity index (χ2v) is 4.91. The first-order valence-electron chi connectivity index (χ1n) is 5.63. The number of rotatable bonds is 5. The van der Waals surface area contributed by atoms with Gasteiger partial charge in [-0.1, -0.05) is 0 Å². The van der Waals surface area contributed by atoms with E-state index < -0.39 is 0 Å². The van der Waals surface area contributed by atoms with Crippen LogP contribution in [0, 0.1) is 0 Å². The molecular formula is C11H16N2O2S. The van der Waals surface area contributed by atoms with Crippen molar-refractivity contribution in [1.82, 2.24) is 9.88 Å². The number of aromatic nitrogens is 1. The molecule has 1 aromatic rings. The summed E-state index contributed by atoms with van der Waals surface area (Å²) in [6.45, 7) is 0.789. The average molecular weight is 240 g/mol. The Balaban J connectivity index is 2.02. The number of aliphatic hydroxyl groups excluding tert-OH is 1. The molecule has 1 aromatic heterocycles. The highest BCUT2D eigenvalue weighted by atomic mass is 32.1. The van der Waals surface area contributed by atoms with Gasteiger partial charge in [-0.3, -0.25) is 9.78 Å². The summed E-state index contributed by atoms with van der Waals surface area (Å²) >= 11 is 1.38. The van der Waals surface area contributed by atoms with Crippen LogP contribution >= 0.6 is 11.3 Å². The fourth-order valence-electron chi connectivity index (χ4n) is 1.85. The van der Waals surface area contributed by atoms with E-state index in [9.17, 15) is 4.79 Å². The summed E-state index contributed by atoms with van der Waals surface area (Å²) in [5, 5.41) is 8.85. The van der Waals surface area contributed by atoms with Gasteiger partial charge in [0.2, 0.25) is 0 Å². The van der Waals surface area contributed by atoms with Crippen LogP contribution in [0.3, 0.4) is 0 Å². The number of amides is 1. The van der Waals surface area contributed by atoms with Crippen LogP contribution in [0.5, 0.6) is 0 Å². The molecule has 5 heteroatoms. The number of aliphatic hydroxyl groups is 1. The molecular weight excluding hydrogens is 224 g/mol. The zero-order valence-corrected chi connectivity index (χ0v) is 9.95. The van der Waals surface area contributed by atoms with Gasteiger partial charge in [-0.15, -0.1) is 11.3 Å². The second kappa shape index (κ2) is 5.41. The van der Waals surface area contributed by atoms with E-state index in [1.54, 1.807) is 11.7 Å². The topological polar surface area (TPSA) is 53.4 Å². The van der Waals surface area contributed by atoms with Crippen LogP contribution in [0.2, 0.25) is 0 Å². The Labute approximate surface area is 98.9 Å². The molecule has 0 atom stereocenters. The number of carbonyl (C=O) groups excluding carboxylic acids is 1. The molecule has 1 saturated carbocycles. The molecule has 1 fully saturated rings. The molecule has 0 bridgehead atoms. The Bertz CT molecular complexity index is 336. The number of hydrogen-bond donors (Lipinski definition) is 1. The standard InChI is InChI=1S/C11H16N2O2S/c14-6-2-5-13(9-3-1-4-9)11(15)10-7-12-8-16-10/h7-9,14H,1-6H2. The summed E-state index contributed by atoms with van der Waals surface area (Å²) in [7, 11) is 0. The lowest BCUT2D eigenvalue weighted by Crippen LogP contribution is -2.44. The van der Waals surface area contributed by atoms with Gasteiger partial charge in [-0.25, -0.2) is 0 Å². The van der Waals surface area contributed by atoms with Crippen molar-refractivity contribution in [2.24, 2.45) is 0 Å². The number of thiazole rings is 1. The lowest BCUT2D eigenvalue weighted by molar-refractivity contribution is 0.0567. The normalized spacial score (nSPS) is 15.8. The van der Waals surface area contributed by atoms with Gasteiger partial charge in [-0.2, -0.15) is 0 Å². The summed E-state index contributed by atoms with van der Waals surface area (Å²) in [6.07, 6.45) is 5.67. The minimum atomic E-state index is 0.0700. The van der Waals surface area contributed by atoms with E-state index in [1.165, 1.54) is 17.8 Å². The van der Waals surface area contributed by atoms with Gasteiger partial charge in [0.1, 0.15) is 4.88 Å². The molecule has 0 aromatic carbocycles. The van der Waals surface area contributed by atoms with E-state index in [2.05, 4.69) is 4.98 Å². The van der Waals surface area contributed by atoms with Crippen LogP contribution in [-0.4, -0.2) is 40.1 Å². The minimum absolute atomic E-state index is 0.0700. The van der Waals surface area contributed by atoms with Crippen molar-refractivity contribution in [3.05, 3.63) is 16.6 Å². The van der Waals surface area contributed by atoms with Gasteiger partial charge >= 0.3 is 0 Å². The molecule has 16 heavy (non-hydrogen) atoms. The second-order valence-electron chi connectivity index (χ2n) is 4.03. The van der Waals surface area contributed by atoms with E-state index in [0.717, 1.165) is 12.8 Å². The van der Waals surface area contributed by atoms with Gasteiger partial charge in [0.15, 0.2) is 0 Å². The van der Waals surface area contributed by atoms with Gasteiger partial charge in [0, 0.05) is 19.2 Å². The first kappa shape index (κ1) is 11.5. The SMILES string of the molecule is O=C(c1cncs1)N(CCCO)C1CCC1. The fraction of sp³-hybridized carbons (Fsp3) is 0.636. The van der Waals surface area contributed by atoms with Gasteiger partial charge in [0.25, 0.3) is 5.91 Å². The van der Waals surface area contributed by atoms with Crippen molar-refractivity contribution in [2.75, 3.05) is 13.2 Å². The van der Waals surface area contributed by atoms with Gasteiger partial charge in [0.05, 0.1) is 11.7 Å². The highest BCUT2D eigenvalue weighted by molar-refractivity contribution is 7.11. The highest BCUT2D eigenvalue weighted by Gasteiger charge is 2.29. The number of nitrogens with zero attached hydrogens (tertiary/aromatic N) is 2. The zero-order valence-electron chi connectivity index (χ0n) is 9.13. The molecule has 0 aliphatic heterocycles. The third kappa shape index (κ3) is 2.41. The Morgan fingerprint density at radius 1 is 1.62 bits per heavy atom. The van der Waals surface area contributed by atoms with Crippen LogP contribution in [0.1, 0.15) is 35.4 Å². The van der Waals surface area contributed by atoms with E-state index in [1.807, 2.05) is 4.90 Å². The lowest BCUT2D eigenvalue weighted by atomic mass is 9.91. The molecule has 2 rings (SSSR count). The monoisotopic (exact) mass is 240 g/mol. The van der Waals surface area contributed by atoms with Crippen molar-refractivity contribution in [2.45, 2.75) is 31.7 Å². The Kier molecular flexibility index (Phi) is 3.90. The summed E-state index contributed by atoms with van der Waals surface area (Å²) in [5.74, 6) is 0.0700. The first-order chi connectivity index (χ1) is 7.83. The molecule has 1 heterocycles. The quantitative estimate of drug-likeness (QED) is 0.849. The molecule has 0 saturated heterocycles. The lowest BCUT2D eigenvalue weighted by Gasteiger charge is -2.37. The molecule has 0 spiro atoms. The Hall–Kier alpha value is -0.940. The zero-order chi connectivity index (χ0) is 11.4. The van der Waals surface area contributed by atoms with Gasteiger partial charge in [-0.05, 0) is 25.7 Å². The average Bonchev–Trinajstić information content (AvgIpc) is 2.73. The van der Waals surface area contributed by atoms with Crippen LogP contribution in [0.4, 0.5) is 0 Å². The number of carbonyl (C=O) groups is 1. The fourth-order valence-corrected chi connectivity index (χ4v) is 2.43. The Morgan fingerprint density at radius 3 is 2.94 bits per heavy atom. The minimum Gasteiger partial charge on any atom is -0.396 e. The molecule has 1 aliphatic carbocycles. The van der Waals surface area contributed by atoms with Crippen LogP contribution in [0.25, 0.3) is 0 Å². The van der Waals surface area contributed by atoms with Crippen LogP contribution in [-0.2, 0) is 0 Å². The number of hydrogen-bond acceptors (Lipinski definition) is 4. The van der Waals surface area contributed by atoms with Gasteiger partial charge < -0.3 is 10.0 Å². The summed E-state index contributed by atoms with van der Waals surface area (Å²) in [5.41, 5.74) is 1.68. The first-order valence-corrected chi connectivity index (χ1v) is 6.51. The predicted octanol–water partition coefficient (Wildman–Crippen LogP) is 1.52. The predicted molar refractivity (Wildman–Crippen MR) is 62.5 cm³/mol. The summed E-state index contributed by atoms with van der Waals surface area (Å²) < 4.78 is 0. The molecule has 0 radical (unpaired) electrons. The van der Waals surface area contributed by atoms with Crippen molar-refractivity contribution < 1.29 is 9.90 Å². The van der Waals surface area contributed by atoms with Crippen molar-refractivity contribution in [1.29, 1.82) is 0 Å². The molecule has 88 valence electrons. The molecule has 0 unspecified atom stereocenters. The largest absolute Gasteiger partial charge is 0.396 e. The maximum absolute atomic E-state index is 12.2. The van der Waals surface area contributed by atoms with Crippen molar-refractivity contribution in [3.63, 3.8) is 0 Å². The van der Waals surface area contributed by atoms with E-state index in [4.69, 9.17) is 5.11 Å². The maximum Gasteiger partial charge on any atom is 0.265 e. The van der Waals surface area contributed by atoms with E-state index in [-0.39, 0.29) is 12.5 Å². The summed E-state index contributed by atoms with van der Waals surface area (Å²) in [6, 6.07) is 0.376. The van der Waals surface area contributed by atoms with E-state index in [0.29, 0.717) is 23.9 Å². The van der Waals surface area contributed by atoms with E-state index >= 15 is 0 Å². The molecule has 1 N–H and O–H groups in total. The Morgan fingerprint density at radius 2 is 2.44 bits per heavy atom. The smallest absolute Gasteiger partial charge is 0.265 e. The third-order valence-corrected chi connectivity index (χ3v) is 3.74. The van der Waals surface area contributed by atoms with Crippen LogP contribution in [0.15, 0.2) is 11.7 Å². The van der Waals surface area contributed by atoms with Crippen molar-refractivity contribution >= 4 is 17.2 Å². The molecule has 1 amide bonds. The highest BCUT2D eigenvalue weighted by Crippen LogP contribution is 2.26. The molecule has 4 nitrogen and oxygen atoms in total. The third-order valence-electron chi connectivity index (χ3n) is 2.98. The maximum atomic E-state index is 12.2. The van der Waals surface area contributed by atoms with Crippen molar-refractivity contribution in [3.8, 4) is 0 Å². The summed E-state index contributed by atoms with van der Waals surface area (Å²) in [4.78, 5) is 18.7. The van der Waals surface area contributed by atoms with Crippen LogP contribution < -0.4 is 0 Å².